The average Bonchev–Trinajstić information content (AvgIpc) is 2.24. The largest absolute Gasteiger partial charge is 0.329 e. The molecule has 0 saturated heterocycles. The molecule has 0 aliphatic carbocycles. The van der Waals surface area contributed by atoms with Crippen molar-refractivity contribution in [1.82, 2.24) is 4.90 Å². The highest BCUT2D eigenvalue weighted by molar-refractivity contribution is 5.90. The molecular weight excluding hydrogens is 200 g/mol. The zero-order chi connectivity index (χ0) is 12.3. The van der Waals surface area contributed by atoms with Gasteiger partial charge < -0.3 is 4.90 Å². The number of hydrogen-bond acceptors (Lipinski definition) is 2. The molecule has 0 radical (unpaired) electrons. The molecule has 0 aromatic heterocycles. The highest BCUT2D eigenvalue weighted by atomic mass is 16.2. The Morgan fingerprint density at radius 3 is 2.38 bits per heavy atom. The smallest absolute Gasteiger partial charge is 0.325 e. The van der Waals surface area contributed by atoms with E-state index in [1.165, 1.54) is 16.0 Å². The van der Waals surface area contributed by atoms with E-state index in [9.17, 15) is 4.79 Å². The lowest BCUT2D eigenvalue weighted by Gasteiger charge is -2.16. The topological polar surface area (TPSA) is 44.1 Å². The predicted octanol–water partition coefficient (Wildman–Crippen LogP) is 2.09. The Morgan fingerprint density at radius 2 is 1.81 bits per heavy atom. The summed E-state index contributed by atoms with van der Waals surface area (Å²) < 4.78 is 0. The molecule has 0 spiro atoms. The monoisotopic (exact) mass is 216 g/mol. The van der Waals surface area contributed by atoms with Crippen LogP contribution in [0.4, 0.5) is 0 Å². The van der Waals surface area contributed by atoms with E-state index in [0.717, 1.165) is 11.1 Å². The maximum Gasteiger partial charge on any atom is 0.325 e. The van der Waals surface area contributed by atoms with Crippen LogP contribution in [0, 0.1) is 32.1 Å². The van der Waals surface area contributed by atoms with Crippen molar-refractivity contribution in [2.24, 2.45) is 0 Å². The number of benzene rings is 1. The Kier molecular flexibility index (Phi) is 3.68. The number of rotatable bonds is 2. The summed E-state index contributed by atoms with van der Waals surface area (Å²) in [5, 5.41) is 8.51. The van der Waals surface area contributed by atoms with Gasteiger partial charge in [0.25, 0.3) is 0 Å². The Hall–Kier alpha value is -1.82. The fourth-order valence-corrected chi connectivity index (χ4v) is 1.60. The van der Waals surface area contributed by atoms with Crippen LogP contribution >= 0.6 is 0 Å². The Bertz CT molecular complexity index is 458. The Morgan fingerprint density at radius 1 is 1.25 bits per heavy atom. The molecule has 0 N–H and O–H groups in total. The van der Waals surface area contributed by atoms with Crippen molar-refractivity contribution in [2.45, 2.75) is 27.3 Å². The molecule has 0 fully saturated rings. The second-order valence-electron chi connectivity index (χ2n) is 4.14. The molecule has 0 bridgehead atoms. The standard InChI is InChI=1S/C13H16N2O/c1-9-5-11(3)12(6-10(9)2)8-15(4)13(16)7-14/h5-6H,8H2,1-4H3. The summed E-state index contributed by atoms with van der Waals surface area (Å²) in [5.74, 6) is -0.502. The number of amides is 1. The SMILES string of the molecule is Cc1cc(C)c(CN(C)C(=O)C#N)cc1C. The molecular formula is C13H16N2O. The van der Waals surface area contributed by atoms with Crippen LogP contribution in [0.3, 0.4) is 0 Å². The van der Waals surface area contributed by atoms with Crippen molar-refractivity contribution in [1.29, 1.82) is 5.26 Å². The fraction of sp³-hybridized carbons (Fsp3) is 0.385. The van der Waals surface area contributed by atoms with Gasteiger partial charge >= 0.3 is 5.91 Å². The third-order valence-corrected chi connectivity index (χ3v) is 2.80. The summed E-state index contributed by atoms with van der Waals surface area (Å²) in [6, 6.07) is 5.80. The first kappa shape index (κ1) is 12.3. The van der Waals surface area contributed by atoms with E-state index in [2.05, 4.69) is 19.1 Å². The van der Waals surface area contributed by atoms with E-state index in [1.54, 1.807) is 13.1 Å². The minimum atomic E-state index is -0.502. The molecule has 84 valence electrons. The lowest BCUT2D eigenvalue weighted by Crippen LogP contribution is -2.24. The zero-order valence-corrected chi connectivity index (χ0v) is 10.2. The van der Waals surface area contributed by atoms with Gasteiger partial charge in [-0.1, -0.05) is 12.1 Å². The van der Waals surface area contributed by atoms with Crippen molar-refractivity contribution in [3.8, 4) is 6.07 Å². The molecule has 3 nitrogen and oxygen atoms in total. The minimum absolute atomic E-state index is 0.485. The second kappa shape index (κ2) is 4.80. The highest BCUT2D eigenvalue weighted by Gasteiger charge is 2.10. The number of nitrogens with zero attached hydrogens (tertiary/aromatic N) is 2. The van der Waals surface area contributed by atoms with Gasteiger partial charge in [-0.3, -0.25) is 4.79 Å². The van der Waals surface area contributed by atoms with Gasteiger partial charge in [-0.2, -0.15) is 5.26 Å². The van der Waals surface area contributed by atoms with Gasteiger partial charge in [0.15, 0.2) is 6.07 Å². The molecule has 0 unspecified atom stereocenters. The lowest BCUT2D eigenvalue weighted by molar-refractivity contribution is -0.124. The van der Waals surface area contributed by atoms with E-state index >= 15 is 0 Å². The first-order valence-corrected chi connectivity index (χ1v) is 5.17. The molecule has 0 aliphatic rings. The van der Waals surface area contributed by atoms with Gasteiger partial charge in [0, 0.05) is 13.6 Å². The van der Waals surface area contributed by atoms with Crippen molar-refractivity contribution < 1.29 is 4.79 Å². The lowest BCUT2D eigenvalue weighted by atomic mass is 10.0. The van der Waals surface area contributed by atoms with Gasteiger partial charge in [-0.15, -0.1) is 0 Å². The highest BCUT2D eigenvalue weighted by Crippen LogP contribution is 2.16. The van der Waals surface area contributed by atoms with E-state index in [4.69, 9.17) is 5.26 Å². The zero-order valence-electron chi connectivity index (χ0n) is 10.2. The quantitative estimate of drug-likeness (QED) is 0.710. The first-order chi connectivity index (χ1) is 7.45. The molecule has 0 heterocycles. The van der Waals surface area contributed by atoms with Gasteiger partial charge in [-0.25, -0.2) is 0 Å². The summed E-state index contributed by atoms with van der Waals surface area (Å²) in [4.78, 5) is 12.6. The summed E-state index contributed by atoms with van der Waals surface area (Å²) in [7, 11) is 1.64. The number of nitriles is 1. The second-order valence-corrected chi connectivity index (χ2v) is 4.14. The molecule has 1 aromatic carbocycles. The van der Waals surface area contributed by atoms with Crippen LogP contribution in [0.25, 0.3) is 0 Å². The van der Waals surface area contributed by atoms with Gasteiger partial charge in [0.1, 0.15) is 0 Å². The van der Waals surface area contributed by atoms with Crippen LogP contribution in [0.1, 0.15) is 22.3 Å². The van der Waals surface area contributed by atoms with E-state index in [-0.39, 0.29) is 0 Å². The molecule has 1 rings (SSSR count). The van der Waals surface area contributed by atoms with Gasteiger partial charge in [0.05, 0.1) is 0 Å². The number of carbonyl (C=O) groups is 1. The first-order valence-electron chi connectivity index (χ1n) is 5.17. The van der Waals surface area contributed by atoms with Crippen molar-refractivity contribution in [2.75, 3.05) is 7.05 Å². The molecule has 16 heavy (non-hydrogen) atoms. The van der Waals surface area contributed by atoms with E-state index < -0.39 is 5.91 Å². The summed E-state index contributed by atoms with van der Waals surface area (Å²) >= 11 is 0. The summed E-state index contributed by atoms with van der Waals surface area (Å²) in [5.41, 5.74) is 4.70. The Balaban J connectivity index is 2.95. The Labute approximate surface area is 96.3 Å². The number of carbonyl (C=O) groups excluding carboxylic acids is 1. The average molecular weight is 216 g/mol. The molecule has 1 aromatic rings. The maximum absolute atomic E-state index is 11.1. The number of hydrogen-bond donors (Lipinski definition) is 0. The van der Waals surface area contributed by atoms with E-state index in [0.29, 0.717) is 6.54 Å². The molecule has 0 aliphatic heterocycles. The van der Waals surface area contributed by atoms with Crippen LogP contribution in [-0.4, -0.2) is 17.9 Å². The molecule has 0 saturated carbocycles. The van der Waals surface area contributed by atoms with Crippen molar-refractivity contribution in [3.63, 3.8) is 0 Å². The normalized spacial score (nSPS) is 9.69. The van der Waals surface area contributed by atoms with Crippen LogP contribution in [0.2, 0.25) is 0 Å². The van der Waals surface area contributed by atoms with Crippen LogP contribution in [0.15, 0.2) is 12.1 Å². The molecule has 0 atom stereocenters. The van der Waals surface area contributed by atoms with Crippen molar-refractivity contribution >= 4 is 5.91 Å². The maximum atomic E-state index is 11.1. The van der Waals surface area contributed by atoms with Crippen LogP contribution in [0.5, 0.6) is 0 Å². The molecule has 1 amide bonds. The fourth-order valence-electron chi connectivity index (χ4n) is 1.60. The van der Waals surface area contributed by atoms with Gasteiger partial charge in [0.2, 0.25) is 0 Å². The summed E-state index contributed by atoms with van der Waals surface area (Å²) in [6.45, 7) is 6.62. The van der Waals surface area contributed by atoms with Crippen LogP contribution < -0.4 is 0 Å². The molecule has 3 heteroatoms. The van der Waals surface area contributed by atoms with E-state index in [1.807, 2.05) is 13.8 Å². The van der Waals surface area contributed by atoms with Gasteiger partial charge in [-0.05, 0) is 43.0 Å². The van der Waals surface area contributed by atoms with Crippen molar-refractivity contribution in [3.05, 3.63) is 34.4 Å². The predicted molar refractivity (Wildman–Crippen MR) is 62.7 cm³/mol. The minimum Gasteiger partial charge on any atom is -0.329 e. The third-order valence-electron chi connectivity index (χ3n) is 2.80. The number of aryl methyl sites for hydroxylation is 3. The summed E-state index contributed by atoms with van der Waals surface area (Å²) in [6.07, 6.45) is 0. The third kappa shape index (κ3) is 2.60. The van der Waals surface area contributed by atoms with Crippen LogP contribution in [-0.2, 0) is 11.3 Å².